The molecule has 1 amide bonds. The highest BCUT2D eigenvalue weighted by Crippen LogP contribution is 2.36. The second-order valence-corrected chi connectivity index (χ2v) is 11.4. The molecule has 4 rings (SSSR count). The van der Waals surface area contributed by atoms with Crippen molar-refractivity contribution in [3.05, 3.63) is 58.6 Å². The molecule has 1 N–H and O–H groups in total. The molecule has 166 valence electrons. The predicted molar refractivity (Wildman–Crippen MR) is 122 cm³/mol. The van der Waals surface area contributed by atoms with E-state index in [2.05, 4.69) is 11.4 Å². The summed E-state index contributed by atoms with van der Waals surface area (Å²) in [6.07, 6.45) is 0.386. The summed E-state index contributed by atoms with van der Waals surface area (Å²) in [5, 5.41) is 3.16. The Kier molecular flexibility index (Phi) is 6.65. The van der Waals surface area contributed by atoms with Crippen LogP contribution in [-0.2, 0) is 14.8 Å². The molecule has 9 heteroatoms. The van der Waals surface area contributed by atoms with E-state index < -0.39 is 10.0 Å². The predicted octanol–water partition coefficient (Wildman–Crippen LogP) is 4.10. The maximum absolute atomic E-state index is 13.3. The van der Waals surface area contributed by atoms with Crippen molar-refractivity contribution >= 4 is 39.3 Å². The third-order valence-corrected chi connectivity index (χ3v) is 8.90. The lowest BCUT2D eigenvalue weighted by molar-refractivity contribution is -0.0440. The SMILES string of the molecule is C[C@@H]1CN(S(=O)(=O)c2cc(C(=O)N[C@@H]3CCSc4ccccc43)ccc2Cl)C[C@@H](C)O1. The van der Waals surface area contributed by atoms with Crippen molar-refractivity contribution in [2.24, 2.45) is 0 Å². The molecule has 2 heterocycles. The summed E-state index contributed by atoms with van der Waals surface area (Å²) in [5.74, 6) is 0.596. The van der Waals surface area contributed by atoms with E-state index in [1.807, 2.05) is 32.0 Å². The Morgan fingerprint density at radius 1 is 1.16 bits per heavy atom. The Bertz CT molecular complexity index is 1080. The van der Waals surface area contributed by atoms with Crippen molar-refractivity contribution in [1.82, 2.24) is 9.62 Å². The normalized spacial score (nSPS) is 24.4. The summed E-state index contributed by atoms with van der Waals surface area (Å²) in [6.45, 7) is 4.17. The molecule has 0 bridgehead atoms. The van der Waals surface area contributed by atoms with Crippen LogP contribution in [0.2, 0.25) is 5.02 Å². The number of amides is 1. The van der Waals surface area contributed by atoms with Gasteiger partial charge in [-0.25, -0.2) is 8.42 Å². The summed E-state index contributed by atoms with van der Waals surface area (Å²) in [7, 11) is -3.86. The molecule has 0 spiro atoms. The second kappa shape index (κ2) is 9.11. The quantitative estimate of drug-likeness (QED) is 0.712. The Hall–Kier alpha value is -1.58. The molecule has 3 atom stereocenters. The Labute approximate surface area is 192 Å². The third kappa shape index (κ3) is 4.78. The van der Waals surface area contributed by atoms with Gasteiger partial charge in [0.2, 0.25) is 10.0 Å². The van der Waals surface area contributed by atoms with Crippen LogP contribution >= 0.6 is 23.4 Å². The smallest absolute Gasteiger partial charge is 0.251 e. The average Bonchev–Trinajstić information content (AvgIpc) is 2.73. The number of sulfonamides is 1. The van der Waals surface area contributed by atoms with Gasteiger partial charge in [0, 0.05) is 29.3 Å². The molecule has 0 aliphatic carbocycles. The topological polar surface area (TPSA) is 75.7 Å². The van der Waals surface area contributed by atoms with Crippen LogP contribution in [-0.4, -0.2) is 49.7 Å². The first kappa shape index (κ1) is 22.6. The molecular formula is C22H25ClN2O4S2. The number of fused-ring (bicyclic) bond motifs is 1. The zero-order valence-corrected chi connectivity index (χ0v) is 19.8. The van der Waals surface area contributed by atoms with Crippen LogP contribution in [0.3, 0.4) is 0 Å². The molecule has 0 aromatic heterocycles. The minimum atomic E-state index is -3.86. The van der Waals surface area contributed by atoms with Gasteiger partial charge in [-0.1, -0.05) is 29.8 Å². The van der Waals surface area contributed by atoms with Crippen LogP contribution in [0, 0.1) is 0 Å². The van der Waals surface area contributed by atoms with Crippen molar-refractivity contribution in [1.29, 1.82) is 0 Å². The van der Waals surface area contributed by atoms with Crippen LogP contribution in [0.25, 0.3) is 0 Å². The number of nitrogens with one attached hydrogen (secondary N) is 1. The first-order valence-electron chi connectivity index (χ1n) is 10.2. The number of nitrogens with zero attached hydrogens (tertiary/aromatic N) is 1. The first-order valence-corrected chi connectivity index (χ1v) is 13.0. The number of carbonyl (C=O) groups excluding carboxylic acids is 1. The monoisotopic (exact) mass is 480 g/mol. The van der Waals surface area contributed by atoms with Crippen molar-refractivity contribution < 1.29 is 17.9 Å². The van der Waals surface area contributed by atoms with Crippen molar-refractivity contribution in [3.8, 4) is 0 Å². The summed E-state index contributed by atoms with van der Waals surface area (Å²) in [5.41, 5.74) is 1.36. The summed E-state index contributed by atoms with van der Waals surface area (Å²) in [6, 6.07) is 12.3. The van der Waals surface area contributed by atoms with E-state index in [-0.39, 0.29) is 52.7 Å². The Morgan fingerprint density at radius 2 is 1.87 bits per heavy atom. The highest BCUT2D eigenvalue weighted by Gasteiger charge is 2.34. The fraction of sp³-hybridized carbons (Fsp3) is 0.409. The molecule has 0 unspecified atom stereocenters. The van der Waals surface area contributed by atoms with Gasteiger partial charge in [0.05, 0.1) is 23.3 Å². The number of halogens is 1. The molecule has 2 aliphatic heterocycles. The fourth-order valence-electron chi connectivity index (χ4n) is 4.04. The van der Waals surface area contributed by atoms with Gasteiger partial charge in [0.1, 0.15) is 4.90 Å². The van der Waals surface area contributed by atoms with E-state index in [1.54, 1.807) is 17.8 Å². The van der Waals surface area contributed by atoms with Gasteiger partial charge in [-0.2, -0.15) is 4.31 Å². The third-order valence-electron chi connectivity index (χ3n) is 5.46. The number of benzene rings is 2. The molecular weight excluding hydrogens is 456 g/mol. The standard InChI is InChI=1S/C22H25ClN2O4S2/c1-14-12-25(13-15(2)29-14)31(27,28)21-11-16(7-8-18(21)23)22(26)24-19-9-10-30-20-6-4-3-5-17(19)20/h3-8,11,14-15,19H,9-10,12-13H2,1-2H3,(H,24,26)/t14-,15-,19-/m1/s1. The summed E-state index contributed by atoms with van der Waals surface area (Å²) in [4.78, 5) is 14.1. The lowest BCUT2D eigenvalue weighted by Gasteiger charge is -2.34. The highest BCUT2D eigenvalue weighted by molar-refractivity contribution is 7.99. The Morgan fingerprint density at radius 3 is 2.61 bits per heavy atom. The van der Waals surface area contributed by atoms with Gasteiger partial charge >= 0.3 is 0 Å². The molecule has 0 radical (unpaired) electrons. The zero-order valence-electron chi connectivity index (χ0n) is 17.4. The molecule has 2 aromatic carbocycles. The molecule has 2 aliphatic rings. The zero-order chi connectivity index (χ0) is 22.2. The highest BCUT2D eigenvalue weighted by atomic mass is 35.5. The van der Waals surface area contributed by atoms with Gasteiger partial charge in [-0.3, -0.25) is 4.79 Å². The average molecular weight is 481 g/mol. The van der Waals surface area contributed by atoms with Crippen molar-refractivity contribution in [3.63, 3.8) is 0 Å². The minimum Gasteiger partial charge on any atom is -0.373 e. The molecule has 1 saturated heterocycles. The van der Waals surface area contributed by atoms with E-state index in [9.17, 15) is 13.2 Å². The number of hydrogen-bond donors (Lipinski definition) is 1. The van der Waals surface area contributed by atoms with Crippen LogP contribution < -0.4 is 5.32 Å². The van der Waals surface area contributed by atoms with Gasteiger partial charge in [-0.15, -0.1) is 11.8 Å². The molecule has 31 heavy (non-hydrogen) atoms. The summed E-state index contributed by atoms with van der Waals surface area (Å²) >= 11 is 8.04. The molecule has 1 fully saturated rings. The van der Waals surface area contributed by atoms with Gasteiger partial charge in [0.25, 0.3) is 5.91 Å². The largest absolute Gasteiger partial charge is 0.373 e. The number of rotatable bonds is 4. The van der Waals surface area contributed by atoms with Gasteiger partial charge in [0.15, 0.2) is 0 Å². The maximum Gasteiger partial charge on any atom is 0.251 e. The fourth-order valence-corrected chi connectivity index (χ4v) is 7.26. The van der Waals surface area contributed by atoms with Crippen LogP contribution in [0.4, 0.5) is 0 Å². The Balaban J connectivity index is 1.59. The van der Waals surface area contributed by atoms with Gasteiger partial charge in [-0.05, 0) is 50.1 Å². The van der Waals surface area contributed by atoms with Crippen molar-refractivity contribution in [2.75, 3.05) is 18.8 Å². The van der Waals surface area contributed by atoms with Crippen molar-refractivity contribution in [2.45, 2.75) is 48.3 Å². The lowest BCUT2D eigenvalue weighted by Crippen LogP contribution is -2.48. The number of thioether (sulfide) groups is 1. The van der Waals surface area contributed by atoms with E-state index in [4.69, 9.17) is 16.3 Å². The minimum absolute atomic E-state index is 0.0530. The van der Waals surface area contributed by atoms with Crippen LogP contribution in [0.5, 0.6) is 0 Å². The van der Waals surface area contributed by atoms with E-state index in [1.165, 1.54) is 16.4 Å². The first-order chi connectivity index (χ1) is 14.8. The van der Waals surface area contributed by atoms with E-state index in [0.29, 0.717) is 0 Å². The maximum atomic E-state index is 13.3. The van der Waals surface area contributed by atoms with Crippen LogP contribution in [0.15, 0.2) is 52.3 Å². The lowest BCUT2D eigenvalue weighted by atomic mass is 10.0. The number of carbonyl (C=O) groups is 1. The number of ether oxygens (including phenoxy) is 1. The van der Waals surface area contributed by atoms with Gasteiger partial charge < -0.3 is 10.1 Å². The van der Waals surface area contributed by atoms with E-state index in [0.717, 1.165) is 22.6 Å². The number of hydrogen-bond acceptors (Lipinski definition) is 5. The van der Waals surface area contributed by atoms with E-state index >= 15 is 0 Å². The number of morpholine rings is 1. The van der Waals surface area contributed by atoms with Crippen LogP contribution in [0.1, 0.15) is 42.2 Å². The molecule has 6 nitrogen and oxygen atoms in total. The molecule has 0 saturated carbocycles. The molecule has 2 aromatic rings. The summed E-state index contributed by atoms with van der Waals surface area (Å²) < 4.78 is 33.6. The second-order valence-electron chi connectivity index (χ2n) is 7.93.